The molecule has 3 aromatic carbocycles. The molecule has 1 amide bonds. The van der Waals surface area contributed by atoms with E-state index in [2.05, 4.69) is 27.3 Å². The van der Waals surface area contributed by atoms with Gasteiger partial charge < -0.3 is 10.1 Å². The lowest BCUT2D eigenvalue weighted by Crippen LogP contribution is -2.49. The summed E-state index contributed by atoms with van der Waals surface area (Å²) in [4.78, 5) is 13.1. The van der Waals surface area contributed by atoms with Crippen LogP contribution in [0.5, 0.6) is 5.75 Å². The standard InChI is InChI=1S/C28H32BrFN2O4S/c1-28(2,16-5-19-36-25-13-8-20-6-3-4-7-24(20)26(25)29)27(33)31-22-14-17-32(18-15-22)37(34,35)23-11-9-21(30)10-12-23/h3-4,6-13,22H,5,14-19H2,1-2H3,(H,31,33). The van der Waals surface area contributed by atoms with E-state index in [0.717, 1.165) is 33.1 Å². The Morgan fingerprint density at radius 2 is 1.76 bits per heavy atom. The number of rotatable bonds is 9. The van der Waals surface area contributed by atoms with Crippen molar-refractivity contribution in [2.45, 2.75) is 50.5 Å². The number of piperidine rings is 1. The highest BCUT2D eigenvalue weighted by atomic mass is 79.9. The number of fused-ring (bicyclic) bond motifs is 1. The Balaban J connectivity index is 1.23. The van der Waals surface area contributed by atoms with Gasteiger partial charge in [-0.2, -0.15) is 4.31 Å². The predicted octanol–water partition coefficient (Wildman–Crippen LogP) is 5.90. The number of benzene rings is 3. The molecular formula is C28H32BrFN2O4S. The van der Waals surface area contributed by atoms with Crippen LogP contribution < -0.4 is 10.1 Å². The lowest BCUT2D eigenvalue weighted by atomic mass is 9.86. The summed E-state index contributed by atoms with van der Waals surface area (Å²) in [5.74, 6) is 0.263. The summed E-state index contributed by atoms with van der Waals surface area (Å²) in [7, 11) is -3.68. The van der Waals surface area contributed by atoms with Crippen LogP contribution in [0, 0.1) is 11.2 Å². The highest BCUT2D eigenvalue weighted by Gasteiger charge is 2.33. The predicted molar refractivity (Wildman–Crippen MR) is 146 cm³/mol. The summed E-state index contributed by atoms with van der Waals surface area (Å²) in [5, 5.41) is 5.34. The molecule has 0 aromatic heterocycles. The van der Waals surface area contributed by atoms with E-state index < -0.39 is 21.3 Å². The second kappa shape index (κ2) is 11.5. The van der Waals surface area contributed by atoms with Crippen LogP contribution in [0.25, 0.3) is 10.8 Å². The van der Waals surface area contributed by atoms with Crippen molar-refractivity contribution in [2.75, 3.05) is 19.7 Å². The van der Waals surface area contributed by atoms with E-state index in [9.17, 15) is 17.6 Å². The topological polar surface area (TPSA) is 75.7 Å². The number of carbonyl (C=O) groups excluding carboxylic acids is 1. The van der Waals surface area contributed by atoms with Crippen LogP contribution in [0.2, 0.25) is 0 Å². The highest BCUT2D eigenvalue weighted by Crippen LogP contribution is 2.33. The summed E-state index contributed by atoms with van der Waals surface area (Å²) in [6.07, 6.45) is 2.43. The van der Waals surface area contributed by atoms with E-state index >= 15 is 0 Å². The third kappa shape index (κ3) is 6.51. The molecule has 6 nitrogen and oxygen atoms in total. The molecule has 1 aliphatic rings. The molecule has 0 unspecified atom stereocenters. The Morgan fingerprint density at radius 1 is 1.08 bits per heavy atom. The van der Waals surface area contributed by atoms with Crippen LogP contribution in [-0.2, 0) is 14.8 Å². The number of hydrogen-bond acceptors (Lipinski definition) is 4. The van der Waals surface area contributed by atoms with Crippen LogP contribution in [0.1, 0.15) is 39.5 Å². The summed E-state index contributed by atoms with van der Waals surface area (Å²) < 4.78 is 47.1. The van der Waals surface area contributed by atoms with Gasteiger partial charge in [0.1, 0.15) is 11.6 Å². The Labute approximate surface area is 226 Å². The van der Waals surface area contributed by atoms with Crippen molar-refractivity contribution in [3.05, 3.63) is 71.0 Å². The zero-order valence-corrected chi connectivity index (χ0v) is 23.4. The number of ether oxygens (including phenoxy) is 1. The molecule has 0 saturated carbocycles. The maximum absolute atomic E-state index is 13.2. The van der Waals surface area contributed by atoms with Gasteiger partial charge >= 0.3 is 0 Å². The SMILES string of the molecule is CC(C)(CCCOc1ccc2ccccc2c1Br)C(=O)NC1CCN(S(=O)(=O)c2ccc(F)cc2)CC1. The van der Waals surface area contributed by atoms with E-state index in [-0.39, 0.29) is 16.8 Å². The summed E-state index contributed by atoms with van der Waals surface area (Å²) in [6.45, 7) is 4.94. The van der Waals surface area contributed by atoms with Crippen molar-refractivity contribution in [1.82, 2.24) is 9.62 Å². The molecule has 198 valence electrons. The maximum atomic E-state index is 13.2. The minimum atomic E-state index is -3.68. The zero-order valence-electron chi connectivity index (χ0n) is 21.0. The molecule has 0 atom stereocenters. The van der Waals surface area contributed by atoms with Gasteiger partial charge in [-0.3, -0.25) is 4.79 Å². The van der Waals surface area contributed by atoms with Crippen molar-refractivity contribution in [1.29, 1.82) is 0 Å². The zero-order chi connectivity index (χ0) is 26.6. The van der Waals surface area contributed by atoms with Gasteiger partial charge in [0.25, 0.3) is 0 Å². The molecule has 1 heterocycles. The van der Waals surface area contributed by atoms with Gasteiger partial charge in [0.2, 0.25) is 15.9 Å². The molecule has 0 aliphatic carbocycles. The van der Waals surface area contributed by atoms with Gasteiger partial charge in [-0.25, -0.2) is 12.8 Å². The van der Waals surface area contributed by atoms with Gasteiger partial charge in [0.05, 0.1) is 16.0 Å². The lowest BCUT2D eigenvalue weighted by molar-refractivity contribution is -0.130. The van der Waals surface area contributed by atoms with E-state index in [4.69, 9.17) is 4.74 Å². The quantitative estimate of drug-likeness (QED) is 0.315. The van der Waals surface area contributed by atoms with Crippen LogP contribution in [0.15, 0.2) is 70.0 Å². The van der Waals surface area contributed by atoms with Gasteiger partial charge in [0.15, 0.2) is 0 Å². The molecule has 9 heteroatoms. The summed E-state index contributed by atoms with van der Waals surface area (Å²) in [5.41, 5.74) is -0.582. The van der Waals surface area contributed by atoms with Crippen LogP contribution >= 0.6 is 15.9 Å². The van der Waals surface area contributed by atoms with E-state index in [1.54, 1.807) is 0 Å². The molecular weight excluding hydrogens is 559 g/mol. The number of nitrogens with zero attached hydrogens (tertiary/aromatic N) is 1. The Kier molecular flexibility index (Phi) is 8.56. The van der Waals surface area contributed by atoms with Crippen LogP contribution in [-0.4, -0.2) is 44.4 Å². The summed E-state index contributed by atoms with van der Waals surface area (Å²) in [6, 6.07) is 16.8. The van der Waals surface area contributed by atoms with E-state index in [0.29, 0.717) is 45.4 Å². The lowest BCUT2D eigenvalue weighted by Gasteiger charge is -2.33. The fraction of sp³-hybridized carbons (Fsp3) is 0.393. The average molecular weight is 592 g/mol. The molecule has 1 fully saturated rings. The summed E-state index contributed by atoms with van der Waals surface area (Å²) >= 11 is 3.64. The van der Waals surface area contributed by atoms with Gasteiger partial charge in [-0.05, 0) is 82.7 Å². The van der Waals surface area contributed by atoms with Gasteiger partial charge in [-0.1, -0.05) is 44.2 Å². The molecule has 0 spiro atoms. The third-order valence-corrected chi connectivity index (χ3v) is 9.62. The number of sulfonamides is 1. The van der Waals surface area contributed by atoms with E-state index in [1.807, 2.05) is 44.2 Å². The van der Waals surface area contributed by atoms with Crippen LogP contribution in [0.3, 0.4) is 0 Å². The van der Waals surface area contributed by atoms with Gasteiger partial charge in [0, 0.05) is 24.5 Å². The second-order valence-electron chi connectivity index (χ2n) is 10.0. The number of hydrogen-bond donors (Lipinski definition) is 1. The maximum Gasteiger partial charge on any atom is 0.243 e. The number of nitrogens with one attached hydrogen (secondary N) is 1. The first-order valence-electron chi connectivity index (χ1n) is 12.4. The first kappa shape index (κ1) is 27.5. The van der Waals surface area contributed by atoms with Crippen molar-refractivity contribution in [2.24, 2.45) is 5.41 Å². The minimum absolute atomic E-state index is 0.0424. The molecule has 37 heavy (non-hydrogen) atoms. The average Bonchev–Trinajstić information content (AvgIpc) is 2.88. The van der Waals surface area contributed by atoms with Crippen LogP contribution in [0.4, 0.5) is 4.39 Å². The van der Waals surface area contributed by atoms with Crippen molar-refractivity contribution >= 4 is 42.6 Å². The highest BCUT2D eigenvalue weighted by molar-refractivity contribution is 9.10. The molecule has 0 bridgehead atoms. The minimum Gasteiger partial charge on any atom is -0.492 e. The van der Waals surface area contributed by atoms with Crippen molar-refractivity contribution < 1.29 is 22.3 Å². The third-order valence-electron chi connectivity index (χ3n) is 6.89. The number of amides is 1. The van der Waals surface area contributed by atoms with Crippen molar-refractivity contribution in [3.63, 3.8) is 0 Å². The van der Waals surface area contributed by atoms with Gasteiger partial charge in [-0.15, -0.1) is 0 Å². The molecule has 1 aliphatic heterocycles. The van der Waals surface area contributed by atoms with Crippen molar-refractivity contribution in [3.8, 4) is 5.75 Å². The fourth-order valence-corrected chi connectivity index (χ4v) is 6.59. The monoisotopic (exact) mass is 590 g/mol. The fourth-order valence-electron chi connectivity index (χ4n) is 4.51. The molecule has 3 aromatic rings. The number of halogens is 2. The Bertz CT molecular complexity index is 1350. The first-order valence-corrected chi connectivity index (χ1v) is 14.7. The number of carbonyl (C=O) groups is 1. The van der Waals surface area contributed by atoms with E-state index in [1.165, 1.54) is 16.4 Å². The molecule has 0 radical (unpaired) electrons. The first-order chi connectivity index (χ1) is 17.6. The Morgan fingerprint density at radius 3 is 2.46 bits per heavy atom. The smallest absolute Gasteiger partial charge is 0.243 e. The second-order valence-corrected chi connectivity index (χ2v) is 12.8. The molecule has 1 N–H and O–H groups in total. The molecule has 1 saturated heterocycles. The Hall–Kier alpha value is -2.49. The molecule has 4 rings (SSSR count). The largest absolute Gasteiger partial charge is 0.492 e. The normalized spacial score (nSPS) is 15.6.